The van der Waals surface area contributed by atoms with Crippen LogP contribution >= 0.6 is 0 Å². The Morgan fingerprint density at radius 3 is 2.88 bits per heavy atom. The van der Waals surface area contributed by atoms with E-state index in [1.807, 2.05) is 37.3 Å². The second kappa shape index (κ2) is 10.3. The van der Waals surface area contributed by atoms with Crippen LogP contribution in [0.1, 0.15) is 43.4 Å². The second-order valence-electron chi connectivity index (χ2n) is 8.24. The molecule has 9 heteroatoms. The van der Waals surface area contributed by atoms with Crippen LogP contribution in [-0.2, 0) is 26.0 Å². The Bertz CT molecular complexity index is 1070. The van der Waals surface area contributed by atoms with Crippen molar-refractivity contribution in [2.24, 2.45) is 0 Å². The molecule has 5 rings (SSSR count). The van der Waals surface area contributed by atoms with Crippen LogP contribution in [0.25, 0.3) is 11.0 Å². The summed E-state index contributed by atoms with van der Waals surface area (Å²) >= 11 is 0. The first-order valence-corrected chi connectivity index (χ1v) is 12.2. The molecule has 1 N–H and O–H groups in total. The maximum Gasteiger partial charge on any atom is 0.197 e. The van der Waals surface area contributed by atoms with Gasteiger partial charge in [0.1, 0.15) is 5.75 Å². The van der Waals surface area contributed by atoms with E-state index in [0.29, 0.717) is 18.4 Å². The van der Waals surface area contributed by atoms with Gasteiger partial charge in [0.15, 0.2) is 10.9 Å². The first-order valence-electron chi connectivity index (χ1n) is 10.8. The zero-order chi connectivity index (χ0) is 21.3. The summed E-state index contributed by atoms with van der Waals surface area (Å²) in [5.74, 6) is 0.807. The van der Waals surface area contributed by atoms with E-state index in [9.17, 15) is 4.21 Å². The predicted molar refractivity (Wildman–Crippen MR) is 123 cm³/mol. The quantitative estimate of drug-likeness (QED) is 0.405. The van der Waals surface area contributed by atoms with Crippen molar-refractivity contribution in [2.45, 2.75) is 61.8 Å². The summed E-state index contributed by atoms with van der Waals surface area (Å²) in [6.45, 7) is 3.25. The number of hydrogen-bond acceptors (Lipinski definition) is 6. The summed E-state index contributed by atoms with van der Waals surface area (Å²) in [5.41, 5.74) is 3.37. The molecule has 1 saturated heterocycles. The Labute approximate surface area is 212 Å². The third kappa shape index (κ3) is 5.11. The van der Waals surface area contributed by atoms with Crippen molar-refractivity contribution in [1.82, 2.24) is 15.0 Å². The summed E-state index contributed by atoms with van der Waals surface area (Å²) in [7, 11) is -1.31. The molecule has 1 saturated carbocycles. The number of rotatable bonds is 8. The van der Waals surface area contributed by atoms with E-state index in [0.717, 1.165) is 53.7 Å². The van der Waals surface area contributed by atoms with Gasteiger partial charge in [-0.15, -0.1) is 0 Å². The first-order chi connectivity index (χ1) is 15.1. The molecule has 2 aromatic heterocycles. The minimum absolute atomic E-state index is 0. The number of ether oxygens (including phenoxy) is 3. The molecule has 1 spiro atoms. The number of fused-ring (bicyclic) bond motifs is 1. The minimum Gasteiger partial charge on any atom is -0.493 e. The number of aromatic amines is 1. The Kier molecular flexibility index (Phi) is 7.69. The SMILES string of the molecule is Cc1c(OCCCC2COC3(CCC3)O2)ccnc1CS(=O)c1nc2ccccc2[nH]1.[Na]. The summed E-state index contributed by atoms with van der Waals surface area (Å²) in [6, 6.07) is 9.53. The van der Waals surface area contributed by atoms with Gasteiger partial charge in [-0.25, -0.2) is 4.98 Å². The smallest absolute Gasteiger partial charge is 0.197 e. The molecule has 0 bridgehead atoms. The topological polar surface area (TPSA) is 86.3 Å². The average Bonchev–Trinajstić information content (AvgIpc) is 3.38. The number of hydrogen-bond donors (Lipinski definition) is 1. The molecule has 165 valence electrons. The van der Waals surface area contributed by atoms with Crippen LogP contribution < -0.4 is 4.74 Å². The van der Waals surface area contributed by atoms with E-state index in [-0.39, 0.29) is 47.2 Å². The predicted octanol–water partition coefficient (Wildman–Crippen LogP) is 3.65. The van der Waals surface area contributed by atoms with Gasteiger partial charge in [0.2, 0.25) is 0 Å². The van der Waals surface area contributed by atoms with Crippen molar-refractivity contribution in [1.29, 1.82) is 0 Å². The van der Waals surface area contributed by atoms with Gasteiger partial charge in [0.05, 0.1) is 52.6 Å². The number of benzene rings is 1. The maximum atomic E-state index is 12.8. The molecule has 2 atom stereocenters. The number of imidazole rings is 1. The summed E-state index contributed by atoms with van der Waals surface area (Å²) < 4.78 is 30.7. The fourth-order valence-corrected chi connectivity index (χ4v) is 5.17. The van der Waals surface area contributed by atoms with Crippen LogP contribution in [0.15, 0.2) is 41.7 Å². The van der Waals surface area contributed by atoms with Gasteiger partial charge in [-0.1, -0.05) is 12.1 Å². The van der Waals surface area contributed by atoms with Gasteiger partial charge in [0.25, 0.3) is 0 Å². The molecule has 1 aliphatic heterocycles. The van der Waals surface area contributed by atoms with Crippen molar-refractivity contribution in [3.63, 3.8) is 0 Å². The van der Waals surface area contributed by atoms with E-state index in [4.69, 9.17) is 14.2 Å². The minimum atomic E-state index is -1.31. The number of para-hydroxylation sites is 2. The van der Waals surface area contributed by atoms with Crippen LogP contribution in [0.5, 0.6) is 5.75 Å². The number of aromatic nitrogens is 3. The van der Waals surface area contributed by atoms with Crippen LogP contribution in [0, 0.1) is 6.92 Å². The molecule has 1 radical (unpaired) electrons. The molecule has 3 heterocycles. The number of nitrogens with zero attached hydrogens (tertiary/aromatic N) is 2. The van der Waals surface area contributed by atoms with E-state index in [2.05, 4.69) is 15.0 Å². The molecule has 2 unspecified atom stereocenters. The third-order valence-electron chi connectivity index (χ3n) is 6.07. The van der Waals surface area contributed by atoms with Crippen LogP contribution in [0.3, 0.4) is 0 Å². The zero-order valence-corrected chi connectivity index (χ0v) is 21.5. The monoisotopic (exact) mass is 464 g/mol. The molecule has 1 aliphatic carbocycles. The molecule has 2 fully saturated rings. The molecule has 7 nitrogen and oxygen atoms in total. The molecule has 0 amide bonds. The van der Waals surface area contributed by atoms with E-state index in [1.54, 1.807) is 6.20 Å². The molecule has 3 aromatic rings. The van der Waals surface area contributed by atoms with Crippen LogP contribution in [0.2, 0.25) is 0 Å². The summed E-state index contributed by atoms with van der Waals surface area (Å²) in [5, 5.41) is 0.469. The van der Waals surface area contributed by atoms with Crippen molar-refractivity contribution >= 4 is 51.4 Å². The maximum absolute atomic E-state index is 12.8. The zero-order valence-electron chi connectivity index (χ0n) is 18.6. The van der Waals surface area contributed by atoms with Gasteiger partial charge in [0, 0.05) is 54.2 Å². The van der Waals surface area contributed by atoms with Gasteiger partial charge < -0.3 is 19.2 Å². The fourth-order valence-electron chi connectivity index (χ4n) is 4.07. The van der Waals surface area contributed by atoms with Crippen molar-refractivity contribution < 1.29 is 18.4 Å². The molecular weight excluding hydrogens is 437 g/mol. The van der Waals surface area contributed by atoms with E-state index < -0.39 is 10.8 Å². The second-order valence-corrected chi connectivity index (χ2v) is 9.60. The Balaban J connectivity index is 0.00000245. The van der Waals surface area contributed by atoms with Gasteiger partial charge in [-0.05, 0) is 44.4 Å². The van der Waals surface area contributed by atoms with Crippen molar-refractivity contribution in [3.8, 4) is 5.75 Å². The third-order valence-corrected chi connectivity index (χ3v) is 7.23. The molecule has 32 heavy (non-hydrogen) atoms. The molecule has 1 aromatic carbocycles. The normalized spacial score (nSPS) is 20.1. The Hall–Kier alpha value is -1.29. The van der Waals surface area contributed by atoms with Crippen LogP contribution in [-0.4, -0.2) is 73.8 Å². The fraction of sp³-hybridized carbons (Fsp3) is 0.478. The molecule has 2 aliphatic rings. The van der Waals surface area contributed by atoms with Gasteiger partial charge >= 0.3 is 0 Å². The Morgan fingerprint density at radius 1 is 1.28 bits per heavy atom. The number of pyridine rings is 1. The van der Waals surface area contributed by atoms with Crippen molar-refractivity contribution in [3.05, 3.63) is 47.8 Å². The largest absolute Gasteiger partial charge is 0.493 e. The van der Waals surface area contributed by atoms with Crippen LogP contribution in [0.4, 0.5) is 0 Å². The summed E-state index contributed by atoms with van der Waals surface area (Å²) in [6.07, 6.45) is 6.94. The van der Waals surface area contributed by atoms with E-state index >= 15 is 0 Å². The van der Waals surface area contributed by atoms with Gasteiger partial charge in [-0.2, -0.15) is 0 Å². The van der Waals surface area contributed by atoms with E-state index in [1.165, 1.54) is 6.42 Å². The number of nitrogens with one attached hydrogen (secondary N) is 1. The Morgan fingerprint density at radius 2 is 2.12 bits per heavy atom. The average molecular weight is 465 g/mol. The molecular formula is C23H27N3NaO4S. The number of H-pyrrole nitrogens is 1. The standard InChI is InChI=1S/C23H27N3O4S.Na/c1-16-20(15-31(27)22-25-18-7-2-3-8-19(18)26-22)24-12-9-21(16)28-13-4-6-17-14-29-23(30-17)10-5-11-23;/h2-3,7-9,12,17H,4-6,10-11,13-15H2,1H3,(H,25,26);. The first kappa shape index (κ1) is 23.9. The van der Waals surface area contributed by atoms with Crippen molar-refractivity contribution in [2.75, 3.05) is 13.2 Å². The van der Waals surface area contributed by atoms with Gasteiger partial charge in [-0.3, -0.25) is 9.19 Å². The summed E-state index contributed by atoms with van der Waals surface area (Å²) in [4.78, 5) is 12.0.